The Hall–Kier alpha value is -2.13. The van der Waals surface area contributed by atoms with Gasteiger partial charge in [-0.05, 0) is 106 Å². The highest BCUT2D eigenvalue weighted by Gasteiger charge is 2.76. The van der Waals surface area contributed by atoms with E-state index in [-0.39, 0.29) is 61.2 Å². The fourth-order valence-electron chi connectivity index (χ4n) is 13.9. The van der Waals surface area contributed by atoms with Crippen LogP contribution < -0.4 is 21.7 Å². The van der Waals surface area contributed by atoms with Crippen LogP contribution >= 0.6 is 0 Å². The number of unbranched alkanes of at least 4 members (excludes halogenated alkanes) is 3. The van der Waals surface area contributed by atoms with E-state index in [0.717, 1.165) is 24.8 Å². The molecule has 12 nitrogen and oxygen atoms in total. The lowest BCUT2D eigenvalue weighted by Crippen LogP contribution is -2.70. The molecule has 0 aromatic carbocycles. The summed E-state index contributed by atoms with van der Waals surface area (Å²) < 4.78 is 6.35. The van der Waals surface area contributed by atoms with Crippen molar-refractivity contribution in [2.24, 2.45) is 57.5 Å². The van der Waals surface area contributed by atoms with Crippen molar-refractivity contribution in [3.05, 3.63) is 47.3 Å². The predicted octanol–water partition coefficient (Wildman–Crippen LogP) is 2.92. The number of Topliss-reactive ketones (excluding diaryl/α,β-unsaturated/α-hetero) is 1. The van der Waals surface area contributed by atoms with Crippen LogP contribution in [0.25, 0.3) is 0 Å². The number of fused-ring (bicyclic) bond motifs is 2. The lowest BCUT2D eigenvalue weighted by atomic mass is 9.37. The summed E-state index contributed by atoms with van der Waals surface area (Å²) in [5, 5.41) is 82.5. The molecule has 0 aromatic heterocycles. The molecular formula is C46H74N4O8. The van der Waals surface area contributed by atoms with E-state index in [4.69, 9.17) is 10.5 Å². The fourth-order valence-corrected chi connectivity index (χ4v) is 13.9. The van der Waals surface area contributed by atoms with Crippen molar-refractivity contribution in [2.75, 3.05) is 26.7 Å². The van der Waals surface area contributed by atoms with Crippen LogP contribution in [0.3, 0.4) is 0 Å². The third-order valence-corrected chi connectivity index (χ3v) is 16.6. The zero-order chi connectivity index (χ0) is 42.0. The first-order valence-electron chi connectivity index (χ1n) is 22.5. The van der Waals surface area contributed by atoms with E-state index < -0.39 is 75.7 Å². The van der Waals surface area contributed by atoms with Crippen LogP contribution in [0.4, 0.5) is 0 Å². The average Bonchev–Trinajstić information content (AvgIpc) is 3.63. The number of carbonyl (C=O) groups is 1. The third kappa shape index (κ3) is 6.98. The number of ether oxygens (including phenoxy) is 1. The van der Waals surface area contributed by atoms with Crippen molar-refractivity contribution in [3.8, 4) is 0 Å². The molecule has 17 atom stereocenters. The van der Waals surface area contributed by atoms with Gasteiger partial charge in [0.05, 0.1) is 54.1 Å². The Morgan fingerprint density at radius 2 is 1.90 bits per heavy atom. The number of hydrogen-bond donors (Lipinski definition) is 10. The van der Waals surface area contributed by atoms with Crippen LogP contribution in [0.15, 0.2) is 47.3 Å². The standard InChI is InChI=1S/C46H74N4O8/c1-7-8-9-10-11-30-23-58-39(27(30)3)41(55)43(5,56)34-15-17-46(57)36-37(50-21-26(2)51)38(54)31-18-32(52)33(53)20-45(31)19-28(29-12-13-35(47)49-22-29)14-16-44(25-48-6,40(36)45)24-42(34,46)4/h12-14,16,22,26-28,30-35,39-41,48-53,55-57H,7-11,15,17-21,23-25,47H2,1-6H3/t26-,27-,28+,30+,31-,32+,33-,34-,35?,39+,40+,41+,42+,43+,44-,45-,46+/m0/s1. The summed E-state index contributed by atoms with van der Waals surface area (Å²) in [6, 6.07) is 0. The number of carbonyl (C=O) groups excluding carboxylic acids is 1. The number of allylic oxidation sites excluding steroid dienone is 4. The van der Waals surface area contributed by atoms with Gasteiger partial charge in [-0.15, -0.1) is 0 Å². The van der Waals surface area contributed by atoms with Gasteiger partial charge in [0.1, 0.15) is 6.10 Å². The molecule has 7 aliphatic rings. The van der Waals surface area contributed by atoms with Gasteiger partial charge in [-0.3, -0.25) is 4.79 Å². The minimum atomic E-state index is -1.67. The first kappa shape index (κ1) is 43.9. The van der Waals surface area contributed by atoms with Crippen LogP contribution in [0.5, 0.6) is 0 Å². The molecule has 4 fully saturated rings. The molecule has 326 valence electrons. The molecule has 1 saturated heterocycles. The number of dihydropyridines is 1. The molecule has 2 heterocycles. The van der Waals surface area contributed by atoms with Gasteiger partial charge in [0, 0.05) is 47.9 Å². The Balaban J connectivity index is 1.37. The second kappa shape index (κ2) is 16.3. The molecule has 3 saturated carbocycles. The van der Waals surface area contributed by atoms with Crippen LogP contribution in [0.2, 0.25) is 0 Å². The number of aliphatic hydroxyl groups is 6. The smallest absolute Gasteiger partial charge is 0.182 e. The Bertz CT molecular complexity index is 1660. The molecular weight excluding hydrogens is 737 g/mol. The number of ketones is 1. The molecule has 11 N–H and O–H groups in total. The van der Waals surface area contributed by atoms with Gasteiger partial charge in [0.25, 0.3) is 0 Å². The topological polar surface area (TPSA) is 210 Å². The molecule has 0 aromatic rings. The summed E-state index contributed by atoms with van der Waals surface area (Å²) in [7, 11) is 1.91. The highest BCUT2D eigenvalue weighted by Crippen LogP contribution is 2.75. The van der Waals surface area contributed by atoms with Gasteiger partial charge in [0.2, 0.25) is 0 Å². The molecule has 0 amide bonds. The number of rotatable bonds is 14. The van der Waals surface area contributed by atoms with Crippen LogP contribution in [0, 0.1) is 51.8 Å². The number of hydrogen-bond acceptors (Lipinski definition) is 12. The number of aliphatic hydroxyl groups excluding tert-OH is 4. The highest BCUT2D eigenvalue weighted by atomic mass is 16.5. The second-order valence-corrected chi connectivity index (χ2v) is 20.3. The second-order valence-electron chi connectivity index (χ2n) is 20.3. The molecule has 1 unspecified atom stereocenters. The van der Waals surface area contributed by atoms with Crippen LogP contribution in [-0.4, -0.2) is 111 Å². The lowest BCUT2D eigenvalue weighted by Gasteiger charge is -2.67. The van der Waals surface area contributed by atoms with Crippen LogP contribution in [0.1, 0.15) is 105 Å². The van der Waals surface area contributed by atoms with Gasteiger partial charge >= 0.3 is 0 Å². The molecule has 5 aliphatic carbocycles. The van der Waals surface area contributed by atoms with E-state index in [1.54, 1.807) is 13.8 Å². The summed E-state index contributed by atoms with van der Waals surface area (Å²) >= 11 is 0. The summed E-state index contributed by atoms with van der Waals surface area (Å²) in [5.74, 6) is -1.81. The molecule has 2 aliphatic heterocycles. The quantitative estimate of drug-likeness (QED) is 0.0908. The fraction of sp³-hybridized carbons (Fsp3) is 0.804. The summed E-state index contributed by atoms with van der Waals surface area (Å²) in [6.07, 6.45) is 12.7. The minimum absolute atomic E-state index is 0.0382. The maximum Gasteiger partial charge on any atom is 0.182 e. The van der Waals surface area contributed by atoms with Gasteiger partial charge in [-0.25, -0.2) is 0 Å². The van der Waals surface area contributed by atoms with Gasteiger partial charge < -0.3 is 57.1 Å². The molecule has 58 heavy (non-hydrogen) atoms. The number of nitrogens with one attached hydrogen (secondary N) is 3. The first-order valence-corrected chi connectivity index (χ1v) is 22.5. The monoisotopic (exact) mass is 811 g/mol. The van der Waals surface area contributed by atoms with Crippen molar-refractivity contribution in [1.82, 2.24) is 16.0 Å². The maximum atomic E-state index is 15.3. The van der Waals surface area contributed by atoms with Crippen LogP contribution in [-0.2, 0) is 9.53 Å². The Labute approximate surface area is 345 Å². The SMILES string of the molecule is CCCCCC[C@@H]1CO[C@@H]([C@@H](O)[C@](C)(O)[C@H]2CC[C@@]3(O)C4=C(NC[C@H](C)O)C(=O)[C@@H]5C[C@@H](O)[C@@H](O)C[C@@]56C[C@H](C5=CNC(N)C=C5)C=C[C@@](CNC)(C[C@]23C)[C@@H]46)[C@H]1C. The third-order valence-electron chi connectivity index (χ3n) is 16.6. The Kier molecular flexibility index (Phi) is 12.3. The molecule has 0 bridgehead atoms. The van der Waals surface area contributed by atoms with E-state index in [1.165, 1.54) is 12.8 Å². The Morgan fingerprint density at radius 1 is 1.14 bits per heavy atom. The largest absolute Gasteiger partial charge is 0.392 e. The number of nitrogens with two attached hydrogens (primary N) is 1. The van der Waals surface area contributed by atoms with Gasteiger partial charge in [0.15, 0.2) is 5.78 Å². The lowest BCUT2D eigenvalue weighted by molar-refractivity contribution is -0.212. The highest BCUT2D eigenvalue weighted by molar-refractivity contribution is 6.00. The van der Waals surface area contributed by atoms with Crippen molar-refractivity contribution in [3.63, 3.8) is 0 Å². The van der Waals surface area contributed by atoms with Gasteiger partial charge in [-0.2, -0.15) is 0 Å². The molecule has 7 rings (SSSR count). The summed E-state index contributed by atoms with van der Waals surface area (Å²) in [6.45, 7) is 10.8. The zero-order valence-electron chi connectivity index (χ0n) is 35.8. The van der Waals surface area contributed by atoms with E-state index in [0.29, 0.717) is 38.0 Å². The minimum Gasteiger partial charge on any atom is -0.392 e. The van der Waals surface area contributed by atoms with Crippen molar-refractivity contribution in [1.29, 1.82) is 0 Å². The van der Waals surface area contributed by atoms with E-state index in [9.17, 15) is 30.6 Å². The van der Waals surface area contributed by atoms with Gasteiger partial charge in [-0.1, -0.05) is 64.7 Å². The Morgan fingerprint density at radius 3 is 2.57 bits per heavy atom. The molecule has 1 spiro atoms. The van der Waals surface area contributed by atoms with E-state index >= 15 is 4.79 Å². The van der Waals surface area contributed by atoms with Crippen molar-refractivity contribution in [2.45, 2.75) is 153 Å². The predicted molar refractivity (Wildman–Crippen MR) is 222 cm³/mol. The maximum absolute atomic E-state index is 15.3. The normalized spacial score (nSPS) is 45.3. The molecule has 12 heteroatoms. The first-order chi connectivity index (χ1) is 27.4. The average molecular weight is 811 g/mol. The zero-order valence-corrected chi connectivity index (χ0v) is 35.8. The van der Waals surface area contributed by atoms with E-state index in [2.05, 4.69) is 41.9 Å². The summed E-state index contributed by atoms with van der Waals surface area (Å²) in [4.78, 5) is 15.3. The molecule has 0 radical (unpaired) electrons. The van der Waals surface area contributed by atoms with Crippen molar-refractivity contribution >= 4 is 5.78 Å². The summed E-state index contributed by atoms with van der Waals surface area (Å²) in [5.41, 5.74) is 2.07. The van der Waals surface area contributed by atoms with E-state index in [1.807, 2.05) is 32.3 Å². The van der Waals surface area contributed by atoms with Crippen molar-refractivity contribution < 1.29 is 40.2 Å².